The highest BCUT2D eigenvalue weighted by atomic mass is 16.6. The number of anilines is 1. The molecule has 0 heterocycles. The largest absolute Gasteiger partial charge is 0.508 e. The van der Waals surface area contributed by atoms with Gasteiger partial charge in [-0.25, -0.2) is 4.79 Å². The number of nitrogens with zero attached hydrogens (tertiary/aromatic N) is 1. The second-order valence-corrected chi connectivity index (χ2v) is 10.8. The Kier molecular flexibility index (Phi) is 7.62. The number of nitrogens with one attached hydrogen (secondary N) is 2. The minimum atomic E-state index is -0.969. The molecule has 3 aromatic rings. The lowest BCUT2D eigenvalue weighted by Gasteiger charge is -2.34. The van der Waals surface area contributed by atoms with Gasteiger partial charge in [-0.15, -0.1) is 0 Å². The number of hydrogen-bond donors (Lipinski definition) is 3. The van der Waals surface area contributed by atoms with Crippen LogP contribution in [-0.4, -0.2) is 45.6 Å². The van der Waals surface area contributed by atoms with Gasteiger partial charge in [-0.1, -0.05) is 36.4 Å². The lowest BCUT2D eigenvalue weighted by molar-refractivity contribution is -0.141. The number of alkyl carbamates (subject to hydrolysis) is 1. The van der Waals surface area contributed by atoms with Crippen molar-refractivity contribution in [3.63, 3.8) is 0 Å². The highest BCUT2D eigenvalue weighted by Crippen LogP contribution is 2.37. The van der Waals surface area contributed by atoms with Gasteiger partial charge < -0.3 is 25.4 Å². The van der Waals surface area contributed by atoms with E-state index in [0.717, 1.165) is 23.6 Å². The third-order valence-corrected chi connectivity index (χ3v) is 6.38. The Bertz CT molecular complexity index is 1360. The Morgan fingerprint density at radius 1 is 1.00 bits per heavy atom. The van der Waals surface area contributed by atoms with E-state index < -0.39 is 23.8 Å². The van der Waals surface area contributed by atoms with Crippen molar-refractivity contribution in [3.05, 3.63) is 71.8 Å². The van der Waals surface area contributed by atoms with E-state index >= 15 is 0 Å². The molecule has 1 aliphatic carbocycles. The van der Waals surface area contributed by atoms with Crippen LogP contribution >= 0.6 is 0 Å². The van der Waals surface area contributed by atoms with E-state index in [1.54, 1.807) is 51.7 Å². The first kappa shape index (κ1) is 27.0. The van der Waals surface area contributed by atoms with Crippen LogP contribution in [0.3, 0.4) is 0 Å². The van der Waals surface area contributed by atoms with Gasteiger partial charge in [0.1, 0.15) is 23.4 Å². The first-order chi connectivity index (χ1) is 17.9. The molecule has 2 atom stereocenters. The van der Waals surface area contributed by atoms with Gasteiger partial charge >= 0.3 is 6.09 Å². The normalized spacial score (nSPS) is 14.9. The van der Waals surface area contributed by atoms with Crippen LogP contribution < -0.4 is 10.6 Å². The van der Waals surface area contributed by atoms with Crippen molar-refractivity contribution in [1.82, 2.24) is 10.2 Å². The van der Waals surface area contributed by atoms with Gasteiger partial charge in [0.2, 0.25) is 5.91 Å². The summed E-state index contributed by atoms with van der Waals surface area (Å²) in [5, 5.41) is 17.7. The molecule has 3 aromatic carbocycles. The van der Waals surface area contributed by atoms with Gasteiger partial charge in [-0.2, -0.15) is 0 Å². The lowest BCUT2D eigenvalue weighted by atomic mass is 10.00. The van der Waals surface area contributed by atoms with Crippen LogP contribution in [0.4, 0.5) is 10.5 Å². The monoisotopic (exact) mass is 517 g/mol. The molecule has 0 bridgehead atoms. The van der Waals surface area contributed by atoms with E-state index in [1.165, 1.54) is 6.07 Å². The van der Waals surface area contributed by atoms with Crippen molar-refractivity contribution < 1.29 is 24.2 Å². The van der Waals surface area contributed by atoms with Gasteiger partial charge in [-0.3, -0.25) is 9.59 Å². The predicted octanol–water partition coefficient (Wildman–Crippen LogP) is 5.44. The number of rotatable bonds is 7. The van der Waals surface area contributed by atoms with Gasteiger partial charge in [0.15, 0.2) is 0 Å². The average Bonchev–Trinajstić information content (AvgIpc) is 3.67. The maximum absolute atomic E-state index is 13.9. The van der Waals surface area contributed by atoms with Crippen molar-refractivity contribution >= 4 is 34.4 Å². The zero-order valence-corrected chi connectivity index (χ0v) is 22.4. The second-order valence-electron chi connectivity index (χ2n) is 10.8. The molecule has 8 heteroatoms. The van der Waals surface area contributed by atoms with E-state index in [-0.39, 0.29) is 23.6 Å². The van der Waals surface area contributed by atoms with Gasteiger partial charge in [0, 0.05) is 11.7 Å². The molecule has 38 heavy (non-hydrogen) atoms. The van der Waals surface area contributed by atoms with Crippen LogP contribution in [0.25, 0.3) is 10.8 Å². The third-order valence-electron chi connectivity index (χ3n) is 6.38. The fourth-order valence-electron chi connectivity index (χ4n) is 4.41. The molecule has 4 rings (SSSR count). The molecule has 200 valence electrons. The summed E-state index contributed by atoms with van der Waals surface area (Å²) < 4.78 is 5.32. The number of hydrogen-bond acceptors (Lipinski definition) is 5. The molecule has 2 unspecified atom stereocenters. The number of carbonyl (C=O) groups excluding carboxylic acids is 3. The first-order valence-corrected chi connectivity index (χ1v) is 12.8. The zero-order valence-electron chi connectivity index (χ0n) is 22.4. The van der Waals surface area contributed by atoms with Crippen molar-refractivity contribution in [2.45, 2.75) is 71.2 Å². The minimum absolute atomic E-state index is 0.103. The quantitative estimate of drug-likeness (QED) is 0.387. The molecule has 1 fully saturated rings. The van der Waals surface area contributed by atoms with E-state index in [2.05, 4.69) is 10.6 Å². The summed E-state index contributed by atoms with van der Waals surface area (Å²) >= 11 is 0. The predicted molar refractivity (Wildman–Crippen MR) is 147 cm³/mol. The van der Waals surface area contributed by atoms with Crippen molar-refractivity contribution in [1.29, 1.82) is 0 Å². The molecule has 0 aliphatic heterocycles. The highest BCUT2D eigenvalue weighted by Gasteiger charge is 2.43. The van der Waals surface area contributed by atoms with Gasteiger partial charge in [0.25, 0.3) is 5.91 Å². The Balaban J connectivity index is 1.66. The van der Waals surface area contributed by atoms with Crippen LogP contribution in [0, 0.1) is 6.92 Å². The summed E-state index contributed by atoms with van der Waals surface area (Å²) in [6, 6.07) is 16.4. The molecule has 1 saturated carbocycles. The van der Waals surface area contributed by atoms with E-state index in [9.17, 15) is 19.5 Å². The van der Waals surface area contributed by atoms with E-state index in [0.29, 0.717) is 16.8 Å². The standard InChI is InChI=1S/C30H35N3O5/c1-18-16-22(11-15-25(18)34)26(27(35)32-23-12-10-20-8-6-7-9-21(20)17-23)33(24-13-14-24)28(36)19(2)31-29(37)38-30(3,4)5/h6-12,15-17,19,24,26,34H,13-14H2,1-5H3,(H,31,37)(H,32,35). The summed E-state index contributed by atoms with van der Waals surface area (Å²) in [4.78, 5) is 41.6. The topological polar surface area (TPSA) is 108 Å². The maximum Gasteiger partial charge on any atom is 0.408 e. The van der Waals surface area contributed by atoms with E-state index in [4.69, 9.17) is 4.74 Å². The number of fused-ring (bicyclic) bond motifs is 1. The van der Waals surface area contributed by atoms with Crippen LogP contribution in [-0.2, 0) is 14.3 Å². The average molecular weight is 518 g/mol. The number of amides is 3. The Morgan fingerprint density at radius 2 is 1.68 bits per heavy atom. The van der Waals surface area contributed by atoms with Gasteiger partial charge in [0.05, 0.1) is 0 Å². The minimum Gasteiger partial charge on any atom is -0.508 e. The number of aromatic hydroxyl groups is 1. The number of benzene rings is 3. The SMILES string of the molecule is Cc1cc(C(C(=O)Nc2ccc3ccccc3c2)N(C(=O)C(C)NC(=O)OC(C)(C)C)C2CC2)ccc1O. The fourth-order valence-corrected chi connectivity index (χ4v) is 4.41. The molecule has 1 aliphatic rings. The van der Waals surface area contributed by atoms with Crippen LogP contribution in [0.2, 0.25) is 0 Å². The van der Waals surface area contributed by atoms with Crippen LogP contribution in [0.15, 0.2) is 60.7 Å². The molecular weight excluding hydrogens is 482 g/mol. The second kappa shape index (κ2) is 10.7. The third kappa shape index (κ3) is 6.43. The van der Waals surface area contributed by atoms with Crippen LogP contribution in [0.5, 0.6) is 5.75 Å². The zero-order chi connectivity index (χ0) is 27.6. The van der Waals surface area contributed by atoms with Crippen molar-refractivity contribution in [2.75, 3.05) is 5.32 Å². The highest BCUT2D eigenvalue weighted by molar-refractivity contribution is 6.00. The number of ether oxygens (including phenoxy) is 1. The molecule has 0 aromatic heterocycles. The molecule has 0 saturated heterocycles. The summed E-state index contributed by atoms with van der Waals surface area (Å²) in [5.74, 6) is -0.662. The summed E-state index contributed by atoms with van der Waals surface area (Å²) in [6.07, 6.45) is 0.801. The van der Waals surface area contributed by atoms with Gasteiger partial charge in [-0.05, 0) is 93.6 Å². The first-order valence-electron chi connectivity index (χ1n) is 12.8. The molecular formula is C30H35N3O5. The Morgan fingerprint density at radius 3 is 2.32 bits per heavy atom. The summed E-state index contributed by atoms with van der Waals surface area (Å²) in [5.41, 5.74) is 1.06. The number of phenols is 1. The number of phenolic OH excluding ortho intramolecular Hbond substituents is 1. The Hall–Kier alpha value is -4.07. The maximum atomic E-state index is 13.9. The van der Waals surface area contributed by atoms with E-state index in [1.807, 2.05) is 42.5 Å². The fraction of sp³-hybridized carbons (Fsp3) is 0.367. The molecule has 0 radical (unpaired) electrons. The summed E-state index contributed by atoms with van der Waals surface area (Å²) in [7, 11) is 0. The summed E-state index contributed by atoms with van der Waals surface area (Å²) in [6.45, 7) is 8.57. The Labute approximate surface area is 223 Å². The number of carbonyl (C=O) groups is 3. The van der Waals surface area contributed by atoms with Crippen LogP contribution in [0.1, 0.15) is 57.7 Å². The lowest BCUT2D eigenvalue weighted by Crippen LogP contribution is -2.52. The molecule has 8 nitrogen and oxygen atoms in total. The molecule has 3 amide bonds. The van der Waals surface area contributed by atoms with Crippen molar-refractivity contribution in [2.24, 2.45) is 0 Å². The number of aryl methyl sites for hydroxylation is 1. The smallest absolute Gasteiger partial charge is 0.408 e. The van der Waals surface area contributed by atoms with Crippen molar-refractivity contribution in [3.8, 4) is 5.75 Å². The molecule has 3 N–H and O–H groups in total. The molecule has 0 spiro atoms.